The second-order valence-corrected chi connectivity index (χ2v) is 4.30. The molecule has 6 heteroatoms. The molecular formula is C12H7Cl2N3O. The van der Waals surface area contributed by atoms with Gasteiger partial charge in [0.25, 0.3) is 0 Å². The van der Waals surface area contributed by atoms with Crippen molar-refractivity contribution in [2.75, 3.05) is 0 Å². The van der Waals surface area contributed by atoms with Crippen molar-refractivity contribution in [2.24, 2.45) is 0 Å². The fourth-order valence-corrected chi connectivity index (χ4v) is 1.98. The first-order valence-corrected chi connectivity index (χ1v) is 5.93. The van der Waals surface area contributed by atoms with Gasteiger partial charge in [-0.2, -0.15) is 4.98 Å². The van der Waals surface area contributed by atoms with Crippen molar-refractivity contribution in [2.45, 2.75) is 0 Å². The zero-order chi connectivity index (χ0) is 12.5. The Morgan fingerprint density at radius 2 is 1.83 bits per heavy atom. The average molecular weight is 280 g/mol. The van der Waals surface area contributed by atoms with Crippen molar-refractivity contribution < 1.29 is 4.74 Å². The summed E-state index contributed by atoms with van der Waals surface area (Å²) in [5, 5.41) is 4.61. The molecule has 0 atom stereocenters. The van der Waals surface area contributed by atoms with Crippen LogP contribution >= 0.6 is 23.2 Å². The molecule has 90 valence electrons. The van der Waals surface area contributed by atoms with Gasteiger partial charge in [0.1, 0.15) is 11.3 Å². The third-order valence-electron chi connectivity index (χ3n) is 2.36. The third-order valence-corrected chi connectivity index (χ3v) is 2.83. The number of halogens is 2. The number of fused-ring (bicyclic) bond motifs is 1. The minimum Gasteiger partial charge on any atom is -0.437 e. The van der Waals surface area contributed by atoms with Crippen molar-refractivity contribution in [1.82, 2.24) is 14.6 Å². The first-order chi connectivity index (χ1) is 8.74. The fraction of sp³-hybridized carbons (Fsp3) is 0. The molecule has 1 aromatic carbocycles. The fourth-order valence-electron chi connectivity index (χ4n) is 1.60. The first kappa shape index (κ1) is 11.3. The Hall–Kier alpha value is -1.78. The molecule has 3 aromatic rings. The smallest absolute Gasteiger partial charge is 0.249 e. The lowest BCUT2D eigenvalue weighted by Gasteiger charge is -2.06. The monoisotopic (exact) mass is 279 g/mol. The number of para-hydroxylation sites is 1. The molecule has 0 fully saturated rings. The van der Waals surface area contributed by atoms with Gasteiger partial charge < -0.3 is 4.74 Å². The number of hydrogen-bond donors (Lipinski definition) is 0. The molecule has 0 N–H and O–H groups in total. The van der Waals surface area contributed by atoms with E-state index in [0.717, 1.165) is 0 Å². The molecule has 0 aliphatic rings. The largest absolute Gasteiger partial charge is 0.437 e. The van der Waals surface area contributed by atoms with E-state index < -0.39 is 0 Å². The number of rotatable bonds is 2. The Morgan fingerprint density at radius 1 is 1.06 bits per heavy atom. The van der Waals surface area contributed by atoms with Crippen molar-refractivity contribution in [3.8, 4) is 11.6 Å². The highest BCUT2D eigenvalue weighted by Crippen LogP contribution is 2.30. The maximum atomic E-state index is 6.07. The van der Waals surface area contributed by atoms with Gasteiger partial charge in [0.15, 0.2) is 0 Å². The molecule has 0 spiro atoms. The van der Waals surface area contributed by atoms with Crippen molar-refractivity contribution in [3.63, 3.8) is 0 Å². The quantitative estimate of drug-likeness (QED) is 0.716. The highest BCUT2D eigenvalue weighted by Gasteiger charge is 2.12. The van der Waals surface area contributed by atoms with E-state index in [0.29, 0.717) is 22.2 Å². The highest BCUT2D eigenvalue weighted by molar-refractivity contribution is 6.34. The summed E-state index contributed by atoms with van der Waals surface area (Å²) in [6.45, 7) is 0. The van der Waals surface area contributed by atoms with Gasteiger partial charge in [-0.3, -0.25) is 0 Å². The van der Waals surface area contributed by atoms with Crippen LogP contribution in [0.2, 0.25) is 10.3 Å². The van der Waals surface area contributed by atoms with Crippen molar-refractivity contribution in [3.05, 3.63) is 52.9 Å². The van der Waals surface area contributed by atoms with E-state index >= 15 is 0 Å². The minimum absolute atomic E-state index is 0.0979. The zero-order valence-corrected chi connectivity index (χ0v) is 10.6. The molecule has 0 aliphatic carbocycles. The molecule has 0 amide bonds. The van der Waals surface area contributed by atoms with Crippen LogP contribution in [0.4, 0.5) is 0 Å². The molecule has 18 heavy (non-hydrogen) atoms. The molecule has 0 bridgehead atoms. The normalized spacial score (nSPS) is 10.8. The summed E-state index contributed by atoms with van der Waals surface area (Å²) < 4.78 is 7.21. The van der Waals surface area contributed by atoms with Crippen LogP contribution in [-0.2, 0) is 0 Å². The molecule has 4 nitrogen and oxygen atoms in total. The molecule has 0 saturated carbocycles. The van der Waals surface area contributed by atoms with Crippen LogP contribution < -0.4 is 4.74 Å². The first-order valence-electron chi connectivity index (χ1n) is 5.17. The molecule has 0 saturated heterocycles. The number of ether oxygens (including phenoxy) is 1. The Labute approximate surface area is 113 Å². The Morgan fingerprint density at radius 3 is 2.61 bits per heavy atom. The number of nitrogens with zero attached hydrogens (tertiary/aromatic N) is 3. The third kappa shape index (κ3) is 2.00. The zero-order valence-electron chi connectivity index (χ0n) is 9.05. The molecule has 0 aliphatic heterocycles. The molecule has 0 radical (unpaired) electrons. The maximum absolute atomic E-state index is 6.07. The number of aromatic nitrogens is 3. The van der Waals surface area contributed by atoms with Gasteiger partial charge in [-0.1, -0.05) is 29.8 Å². The Balaban J connectivity index is 2.13. The van der Waals surface area contributed by atoms with E-state index in [1.165, 1.54) is 4.52 Å². The van der Waals surface area contributed by atoms with Gasteiger partial charge in [0.05, 0.1) is 5.02 Å². The van der Waals surface area contributed by atoms with Crippen LogP contribution in [-0.4, -0.2) is 14.6 Å². The van der Waals surface area contributed by atoms with Crippen LogP contribution in [0.25, 0.3) is 5.52 Å². The van der Waals surface area contributed by atoms with Crippen LogP contribution in [0.15, 0.2) is 42.6 Å². The maximum Gasteiger partial charge on any atom is 0.249 e. The van der Waals surface area contributed by atoms with E-state index in [1.807, 2.05) is 30.3 Å². The van der Waals surface area contributed by atoms with E-state index in [1.54, 1.807) is 12.3 Å². The second-order valence-electron chi connectivity index (χ2n) is 3.56. The predicted octanol–water partition coefficient (Wildman–Crippen LogP) is 3.83. The molecule has 0 unspecified atom stereocenters. The van der Waals surface area contributed by atoms with Gasteiger partial charge >= 0.3 is 0 Å². The lowest BCUT2D eigenvalue weighted by molar-refractivity contribution is 0.463. The Kier molecular flexibility index (Phi) is 2.81. The second kappa shape index (κ2) is 4.48. The van der Waals surface area contributed by atoms with Crippen molar-refractivity contribution >= 4 is 28.7 Å². The lowest BCUT2D eigenvalue weighted by atomic mass is 10.3. The standard InChI is InChI=1S/C12H7Cl2N3O/c13-9-6-7-17-10(9)11(15-12(14)16-17)18-8-4-2-1-3-5-8/h1-7H. The topological polar surface area (TPSA) is 39.4 Å². The summed E-state index contributed by atoms with van der Waals surface area (Å²) in [5.41, 5.74) is 0.588. The van der Waals surface area contributed by atoms with Crippen LogP contribution in [0, 0.1) is 0 Å². The molecule has 2 heterocycles. The van der Waals surface area contributed by atoms with Crippen LogP contribution in [0.3, 0.4) is 0 Å². The van der Waals surface area contributed by atoms with E-state index in [2.05, 4.69) is 10.1 Å². The molecular weight excluding hydrogens is 273 g/mol. The van der Waals surface area contributed by atoms with E-state index in [-0.39, 0.29) is 5.28 Å². The minimum atomic E-state index is 0.0979. The summed E-state index contributed by atoms with van der Waals surface area (Å²) in [5.74, 6) is 0.989. The van der Waals surface area contributed by atoms with Gasteiger partial charge in [-0.05, 0) is 29.8 Å². The molecule has 3 rings (SSSR count). The summed E-state index contributed by atoms with van der Waals surface area (Å²) >= 11 is 11.9. The van der Waals surface area contributed by atoms with Gasteiger partial charge in [-0.25, -0.2) is 4.52 Å². The van der Waals surface area contributed by atoms with E-state index in [9.17, 15) is 0 Å². The summed E-state index contributed by atoms with van der Waals surface area (Å²) in [4.78, 5) is 4.06. The summed E-state index contributed by atoms with van der Waals surface area (Å²) in [6, 6.07) is 11.0. The van der Waals surface area contributed by atoms with Crippen LogP contribution in [0.5, 0.6) is 11.6 Å². The summed E-state index contributed by atoms with van der Waals surface area (Å²) in [7, 11) is 0. The van der Waals surface area contributed by atoms with Gasteiger partial charge in [-0.15, -0.1) is 5.10 Å². The van der Waals surface area contributed by atoms with Gasteiger partial charge in [0.2, 0.25) is 11.2 Å². The average Bonchev–Trinajstić information content (AvgIpc) is 2.72. The molecule has 2 aromatic heterocycles. The number of benzene rings is 1. The van der Waals surface area contributed by atoms with E-state index in [4.69, 9.17) is 27.9 Å². The van der Waals surface area contributed by atoms with Crippen LogP contribution in [0.1, 0.15) is 0 Å². The summed E-state index contributed by atoms with van der Waals surface area (Å²) in [6.07, 6.45) is 1.70. The van der Waals surface area contributed by atoms with Crippen molar-refractivity contribution in [1.29, 1.82) is 0 Å². The highest BCUT2D eigenvalue weighted by atomic mass is 35.5. The lowest BCUT2D eigenvalue weighted by Crippen LogP contribution is -1.98. The van der Waals surface area contributed by atoms with Gasteiger partial charge in [0, 0.05) is 6.20 Å². The Bertz CT molecular complexity index is 697. The number of hydrogen-bond acceptors (Lipinski definition) is 3. The predicted molar refractivity (Wildman–Crippen MR) is 69.5 cm³/mol. The SMILES string of the molecule is Clc1nc(Oc2ccccc2)c2c(Cl)ccn2n1.